The Morgan fingerprint density at radius 1 is 0.917 bits per heavy atom. The monoisotopic (exact) mass is 495 g/mol. The highest BCUT2D eigenvalue weighted by Crippen LogP contribution is 2.46. The first-order chi connectivity index (χ1) is 17.1. The first-order valence-corrected chi connectivity index (χ1v) is 13.9. The highest BCUT2D eigenvalue weighted by molar-refractivity contribution is 5.60. The molecule has 0 aromatic heterocycles. The van der Waals surface area contributed by atoms with E-state index in [0.717, 1.165) is 63.0 Å². The highest BCUT2D eigenvalue weighted by Gasteiger charge is 2.36. The van der Waals surface area contributed by atoms with E-state index in [1.807, 2.05) is 0 Å². The molecule has 2 aliphatic rings. The smallest absolute Gasteiger partial charge is 0.142 e. The molecule has 0 fully saturated rings. The first kappa shape index (κ1) is 28.5. The summed E-state index contributed by atoms with van der Waals surface area (Å²) in [5.74, 6) is 2.11. The van der Waals surface area contributed by atoms with Crippen LogP contribution in [0.5, 0.6) is 11.5 Å². The summed E-state index contributed by atoms with van der Waals surface area (Å²) < 4.78 is 12.9. The molecule has 0 amide bonds. The summed E-state index contributed by atoms with van der Waals surface area (Å²) in [6, 6.07) is 0. The maximum Gasteiger partial charge on any atom is 0.142 e. The van der Waals surface area contributed by atoms with Crippen molar-refractivity contribution in [3.05, 3.63) is 57.2 Å². The summed E-state index contributed by atoms with van der Waals surface area (Å²) in [7, 11) is 0. The van der Waals surface area contributed by atoms with Gasteiger partial charge < -0.3 is 14.6 Å². The molecule has 4 nitrogen and oxygen atoms in total. The summed E-state index contributed by atoms with van der Waals surface area (Å²) in [5.41, 5.74) is 9.22. The molecule has 0 aliphatic carbocycles. The fourth-order valence-corrected chi connectivity index (χ4v) is 5.37. The molecule has 4 heteroatoms. The van der Waals surface area contributed by atoms with E-state index in [9.17, 15) is 5.11 Å². The molecule has 0 radical (unpaired) electrons. The van der Waals surface area contributed by atoms with Gasteiger partial charge in [0.25, 0.3) is 0 Å². The fourth-order valence-electron chi connectivity index (χ4n) is 5.37. The van der Waals surface area contributed by atoms with Crippen LogP contribution in [-0.2, 0) is 13.0 Å². The summed E-state index contributed by atoms with van der Waals surface area (Å²) >= 11 is 0. The number of aliphatic hydroxyl groups is 1. The first-order valence-electron chi connectivity index (χ1n) is 13.9. The molecule has 2 aliphatic heterocycles. The number of nitrogens with zero attached hydrogens (tertiary/aromatic N) is 1. The van der Waals surface area contributed by atoms with Crippen molar-refractivity contribution in [2.75, 3.05) is 19.9 Å². The van der Waals surface area contributed by atoms with Crippen molar-refractivity contribution in [1.29, 1.82) is 0 Å². The molecule has 0 saturated heterocycles. The topological polar surface area (TPSA) is 41.9 Å². The van der Waals surface area contributed by atoms with Crippen LogP contribution in [0.25, 0.3) is 0 Å². The molecule has 1 aromatic rings. The Hall–Kier alpha value is -2.04. The Morgan fingerprint density at radius 2 is 1.56 bits per heavy atom. The molecule has 200 valence electrons. The second-order valence-electron chi connectivity index (χ2n) is 11.5. The molecule has 36 heavy (non-hydrogen) atoms. The molecule has 1 N–H and O–H groups in total. The molecule has 0 bridgehead atoms. The summed E-state index contributed by atoms with van der Waals surface area (Å²) in [6.45, 7) is 17.6. The minimum absolute atomic E-state index is 0.142. The Labute approximate surface area is 220 Å². The normalized spacial score (nSPS) is 20.3. The summed E-state index contributed by atoms with van der Waals surface area (Å²) in [5, 5.41) is 9.38. The maximum absolute atomic E-state index is 9.38. The Balaban J connectivity index is 1.58. The molecule has 0 unspecified atom stereocenters. The third-order valence-corrected chi connectivity index (χ3v) is 7.89. The standard InChI is InChI=1S/C32H49NO3/c1-23(2)11-8-12-24(3)13-9-14-25(4)15-10-17-32(7)18-16-28-29-21-33(19-20-34)22-35-30(29)26(5)27(6)31(28)36-32/h11,13,15,34H,8-10,12,14,16-22H2,1-7H3/b24-13+,25-15+/t32-/m1/s1. The number of allylic oxidation sites excluding steroid dienone is 6. The van der Waals surface area contributed by atoms with E-state index in [4.69, 9.17) is 9.47 Å². The molecule has 1 aromatic carbocycles. The maximum atomic E-state index is 9.38. The lowest BCUT2D eigenvalue weighted by Crippen LogP contribution is -2.39. The molecule has 0 spiro atoms. The van der Waals surface area contributed by atoms with Gasteiger partial charge in [-0.2, -0.15) is 0 Å². The van der Waals surface area contributed by atoms with E-state index in [-0.39, 0.29) is 12.2 Å². The molecule has 0 saturated carbocycles. The van der Waals surface area contributed by atoms with Crippen molar-refractivity contribution in [3.63, 3.8) is 0 Å². The lowest BCUT2D eigenvalue weighted by Gasteiger charge is -2.40. The van der Waals surface area contributed by atoms with Crippen LogP contribution < -0.4 is 9.47 Å². The van der Waals surface area contributed by atoms with Gasteiger partial charge in [-0.25, -0.2) is 0 Å². The van der Waals surface area contributed by atoms with Crippen molar-refractivity contribution >= 4 is 0 Å². The van der Waals surface area contributed by atoms with E-state index in [2.05, 4.69) is 71.6 Å². The predicted octanol–water partition coefficient (Wildman–Crippen LogP) is 7.73. The third-order valence-electron chi connectivity index (χ3n) is 7.89. The van der Waals surface area contributed by atoms with E-state index < -0.39 is 0 Å². The Bertz CT molecular complexity index is 999. The molecular weight excluding hydrogens is 446 g/mol. The van der Waals surface area contributed by atoms with Crippen molar-refractivity contribution in [3.8, 4) is 11.5 Å². The number of β-amino-alcohol motifs (C(OH)–C–C–N with tert-alkyl or cyclic N) is 1. The summed E-state index contributed by atoms with van der Waals surface area (Å²) in [4.78, 5) is 2.17. The van der Waals surface area contributed by atoms with Crippen molar-refractivity contribution in [2.24, 2.45) is 0 Å². The Kier molecular flexibility index (Phi) is 10.3. The number of hydrogen-bond acceptors (Lipinski definition) is 4. The Morgan fingerprint density at radius 3 is 2.22 bits per heavy atom. The molecule has 1 atom stereocenters. The van der Waals surface area contributed by atoms with Crippen LogP contribution in [0.3, 0.4) is 0 Å². The third kappa shape index (κ3) is 7.49. The van der Waals surface area contributed by atoms with Crippen LogP contribution in [0, 0.1) is 13.8 Å². The van der Waals surface area contributed by atoms with E-state index >= 15 is 0 Å². The van der Waals surface area contributed by atoms with Gasteiger partial charge in [-0.05, 0) is 111 Å². The van der Waals surface area contributed by atoms with Gasteiger partial charge in [0.1, 0.15) is 23.8 Å². The van der Waals surface area contributed by atoms with Crippen molar-refractivity contribution in [2.45, 2.75) is 112 Å². The SMILES string of the molecule is CC(C)=CCC/C(C)=C/CC/C(C)=C/CC[C@]1(C)CCc2c3c(c(C)c(C)c2O1)OCN(CCO)C3. The number of aliphatic hydroxyl groups excluding tert-OH is 1. The number of rotatable bonds is 11. The minimum Gasteiger partial charge on any atom is -0.487 e. The molecule has 3 rings (SSSR count). The molecular formula is C32H49NO3. The van der Waals surface area contributed by atoms with E-state index in [1.54, 1.807) is 0 Å². The number of hydrogen-bond donors (Lipinski definition) is 1. The quantitative estimate of drug-likeness (QED) is 0.319. The van der Waals surface area contributed by atoms with Gasteiger partial charge in [-0.1, -0.05) is 34.9 Å². The van der Waals surface area contributed by atoms with Crippen LogP contribution >= 0.6 is 0 Å². The minimum atomic E-state index is -0.142. The second kappa shape index (κ2) is 13.0. The lowest BCUT2D eigenvalue weighted by atomic mass is 9.84. The molecule has 2 heterocycles. The van der Waals surface area contributed by atoms with Gasteiger partial charge in [0.15, 0.2) is 0 Å². The average Bonchev–Trinajstić information content (AvgIpc) is 2.82. The van der Waals surface area contributed by atoms with Gasteiger partial charge in [0.2, 0.25) is 0 Å². The van der Waals surface area contributed by atoms with Gasteiger partial charge in [0, 0.05) is 24.2 Å². The van der Waals surface area contributed by atoms with Gasteiger partial charge in [-0.3, -0.25) is 4.90 Å². The van der Waals surface area contributed by atoms with Crippen molar-refractivity contribution in [1.82, 2.24) is 4.90 Å². The number of ether oxygens (including phenoxy) is 2. The lowest BCUT2D eigenvalue weighted by molar-refractivity contribution is 0.0506. The fraction of sp³-hybridized carbons (Fsp3) is 0.625. The number of benzene rings is 1. The zero-order valence-corrected chi connectivity index (χ0v) is 23.9. The van der Waals surface area contributed by atoms with Gasteiger partial charge in [-0.15, -0.1) is 0 Å². The van der Waals surface area contributed by atoms with Crippen LogP contribution in [-0.4, -0.2) is 35.5 Å². The second-order valence-corrected chi connectivity index (χ2v) is 11.5. The number of fused-ring (bicyclic) bond motifs is 3. The highest BCUT2D eigenvalue weighted by atomic mass is 16.5. The van der Waals surface area contributed by atoms with Crippen molar-refractivity contribution < 1.29 is 14.6 Å². The predicted molar refractivity (Wildman–Crippen MR) is 151 cm³/mol. The average molecular weight is 496 g/mol. The van der Waals surface area contributed by atoms with Crippen LogP contribution in [0.4, 0.5) is 0 Å². The summed E-state index contributed by atoms with van der Waals surface area (Å²) in [6.07, 6.45) is 15.9. The van der Waals surface area contributed by atoms with Gasteiger partial charge >= 0.3 is 0 Å². The van der Waals surface area contributed by atoms with Crippen LogP contribution in [0.2, 0.25) is 0 Å². The van der Waals surface area contributed by atoms with Crippen LogP contribution in [0.15, 0.2) is 34.9 Å². The zero-order chi connectivity index (χ0) is 26.3. The zero-order valence-electron chi connectivity index (χ0n) is 23.9. The van der Waals surface area contributed by atoms with E-state index in [1.165, 1.54) is 45.4 Å². The van der Waals surface area contributed by atoms with Crippen LogP contribution in [0.1, 0.15) is 102 Å². The van der Waals surface area contributed by atoms with E-state index in [0.29, 0.717) is 13.3 Å². The van der Waals surface area contributed by atoms with Gasteiger partial charge in [0.05, 0.1) is 6.61 Å². The largest absolute Gasteiger partial charge is 0.487 e.